The molecule has 1 aliphatic rings. The molecule has 1 aliphatic carbocycles. The predicted molar refractivity (Wildman–Crippen MR) is 110 cm³/mol. The number of aryl methyl sites for hydroxylation is 1. The minimum Gasteiger partial charge on any atom is -0.467 e. The molecule has 0 radical (unpaired) electrons. The van der Waals surface area contributed by atoms with Crippen LogP contribution in [0.15, 0.2) is 32.8 Å². The molecule has 27 heavy (non-hydrogen) atoms. The van der Waals surface area contributed by atoms with E-state index in [1.807, 2.05) is 19.1 Å². The van der Waals surface area contributed by atoms with Gasteiger partial charge in [0, 0.05) is 17.2 Å². The zero-order valence-electron chi connectivity index (χ0n) is 15.7. The number of rotatable bonds is 7. The second-order valence-electron chi connectivity index (χ2n) is 6.94. The Balaban J connectivity index is 1.77. The topological polar surface area (TPSA) is 57.3 Å². The Kier molecular flexibility index (Phi) is 5.71. The third-order valence-corrected chi connectivity index (χ3v) is 7.03. The second-order valence-corrected chi connectivity index (χ2v) is 9.09. The summed E-state index contributed by atoms with van der Waals surface area (Å²) in [5, 5.41) is 1.57. The van der Waals surface area contributed by atoms with Gasteiger partial charge in [-0.2, -0.15) is 0 Å². The van der Waals surface area contributed by atoms with Crippen LogP contribution in [0.25, 0.3) is 10.2 Å². The van der Waals surface area contributed by atoms with E-state index in [0.29, 0.717) is 25.7 Å². The predicted octanol–water partition coefficient (Wildman–Crippen LogP) is 4.35. The molecular weight excluding hydrogens is 380 g/mol. The van der Waals surface area contributed by atoms with Crippen LogP contribution < -0.4 is 5.56 Å². The number of aromatic nitrogens is 2. The molecule has 0 fully saturated rings. The lowest BCUT2D eigenvalue weighted by atomic mass is 9.89. The summed E-state index contributed by atoms with van der Waals surface area (Å²) in [6.07, 6.45) is 4.81. The molecule has 0 saturated carbocycles. The van der Waals surface area contributed by atoms with Gasteiger partial charge in [0.2, 0.25) is 0 Å². The quantitative estimate of drug-likeness (QED) is 0.333. The van der Waals surface area contributed by atoms with Crippen molar-refractivity contribution in [2.45, 2.75) is 44.8 Å². The van der Waals surface area contributed by atoms with E-state index in [9.17, 15) is 4.79 Å². The molecule has 1 atom stereocenters. The Labute approximate surface area is 166 Å². The Morgan fingerprint density at radius 3 is 3.15 bits per heavy atom. The number of hydrogen-bond donors (Lipinski definition) is 0. The molecule has 0 saturated heterocycles. The van der Waals surface area contributed by atoms with Gasteiger partial charge in [-0.05, 0) is 49.8 Å². The molecule has 7 heteroatoms. The van der Waals surface area contributed by atoms with E-state index >= 15 is 0 Å². The molecule has 5 nitrogen and oxygen atoms in total. The first-order valence-corrected chi connectivity index (χ1v) is 11.3. The standard InChI is InChI=1S/C20H24N2O3S2/c1-3-24-9-10-26-20-21-18-17(15-7-6-13(2)11-16(15)27-18)19(23)22(20)12-14-5-4-8-25-14/h4-5,8,13H,3,6-7,9-12H2,1-2H3/t13-/m0/s1. The normalized spacial score (nSPS) is 16.7. The summed E-state index contributed by atoms with van der Waals surface area (Å²) in [7, 11) is 0. The lowest BCUT2D eigenvalue weighted by Crippen LogP contribution is -2.24. The van der Waals surface area contributed by atoms with Gasteiger partial charge in [0.05, 0.1) is 24.8 Å². The van der Waals surface area contributed by atoms with Crippen LogP contribution in [-0.4, -0.2) is 28.5 Å². The maximum absolute atomic E-state index is 13.4. The van der Waals surface area contributed by atoms with Crippen molar-refractivity contribution in [1.29, 1.82) is 0 Å². The third kappa shape index (κ3) is 3.86. The first kappa shape index (κ1) is 18.8. The van der Waals surface area contributed by atoms with Gasteiger partial charge in [0.15, 0.2) is 5.16 Å². The van der Waals surface area contributed by atoms with E-state index in [-0.39, 0.29) is 5.56 Å². The molecular formula is C20H24N2O3S2. The summed E-state index contributed by atoms with van der Waals surface area (Å²) in [4.78, 5) is 20.5. The number of hydrogen-bond acceptors (Lipinski definition) is 6. The molecule has 144 valence electrons. The molecule has 0 bridgehead atoms. The molecule has 0 aliphatic heterocycles. The molecule has 0 N–H and O–H groups in total. The van der Waals surface area contributed by atoms with Crippen molar-refractivity contribution in [2.75, 3.05) is 19.0 Å². The van der Waals surface area contributed by atoms with Crippen LogP contribution in [0.2, 0.25) is 0 Å². The van der Waals surface area contributed by atoms with E-state index < -0.39 is 0 Å². The van der Waals surface area contributed by atoms with Gasteiger partial charge in [0.1, 0.15) is 10.6 Å². The van der Waals surface area contributed by atoms with Crippen molar-refractivity contribution in [3.63, 3.8) is 0 Å². The van der Waals surface area contributed by atoms with Crippen molar-refractivity contribution in [3.8, 4) is 0 Å². The monoisotopic (exact) mass is 404 g/mol. The van der Waals surface area contributed by atoms with Gasteiger partial charge in [-0.25, -0.2) is 4.98 Å². The van der Waals surface area contributed by atoms with Crippen molar-refractivity contribution < 1.29 is 9.15 Å². The largest absolute Gasteiger partial charge is 0.467 e. The van der Waals surface area contributed by atoms with E-state index in [4.69, 9.17) is 14.1 Å². The second kappa shape index (κ2) is 8.20. The minimum atomic E-state index is 0.0577. The maximum atomic E-state index is 13.4. The molecule has 0 amide bonds. The highest BCUT2D eigenvalue weighted by Gasteiger charge is 2.25. The molecule has 3 heterocycles. The van der Waals surface area contributed by atoms with Gasteiger partial charge in [-0.3, -0.25) is 9.36 Å². The van der Waals surface area contributed by atoms with Gasteiger partial charge >= 0.3 is 0 Å². The number of fused-ring (bicyclic) bond motifs is 3. The molecule has 3 aromatic rings. The fourth-order valence-electron chi connectivity index (χ4n) is 3.55. The molecule has 3 aromatic heterocycles. The van der Waals surface area contributed by atoms with Crippen LogP contribution >= 0.6 is 23.1 Å². The molecule has 4 rings (SSSR count). The Morgan fingerprint density at radius 1 is 1.48 bits per heavy atom. The average molecular weight is 405 g/mol. The van der Waals surface area contributed by atoms with Gasteiger partial charge < -0.3 is 9.15 Å². The zero-order chi connectivity index (χ0) is 18.8. The van der Waals surface area contributed by atoms with Crippen molar-refractivity contribution >= 4 is 33.3 Å². The van der Waals surface area contributed by atoms with Gasteiger partial charge in [-0.1, -0.05) is 18.7 Å². The van der Waals surface area contributed by atoms with Crippen molar-refractivity contribution in [1.82, 2.24) is 9.55 Å². The van der Waals surface area contributed by atoms with Crippen LogP contribution in [0.3, 0.4) is 0 Å². The van der Waals surface area contributed by atoms with Crippen molar-refractivity contribution in [3.05, 3.63) is 45.0 Å². The molecule has 0 aromatic carbocycles. The zero-order valence-corrected chi connectivity index (χ0v) is 17.3. The summed E-state index contributed by atoms with van der Waals surface area (Å²) in [5.41, 5.74) is 1.28. The average Bonchev–Trinajstić information content (AvgIpc) is 3.28. The third-order valence-electron chi connectivity index (χ3n) is 4.94. The Morgan fingerprint density at radius 2 is 2.37 bits per heavy atom. The van der Waals surface area contributed by atoms with Crippen LogP contribution in [-0.2, 0) is 24.1 Å². The molecule has 0 unspecified atom stereocenters. The van der Waals surface area contributed by atoms with Crippen molar-refractivity contribution in [2.24, 2.45) is 5.92 Å². The SMILES string of the molecule is CCOCCSc1nc2sc3c(c2c(=O)n1Cc1ccco1)CC[C@H](C)C3. The summed E-state index contributed by atoms with van der Waals surface area (Å²) in [6, 6.07) is 3.75. The smallest absolute Gasteiger partial charge is 0.263 e. The summed E-state index contributed by atoms with van der Waals surface area (Å²) < 4.78 is 12.7. The van der Waals surface area contributed by atoms with Crippen LogP contribution in [0.1, 0.15) is 36.5 Å². The minimum absolute atomic E-state index is 0.0577. The first-order chi connectivity index (χ1) is 13.2. The Bertz CT molecular complexity index is 975. The number of thioether (sulfide) groups is 1. The van der Waals surface area contributed by atoms with E-state index in [2.05, 4.69) is 6.92 Å². The Hall–Kier alpha value is -1.57. The summed E-state index contributed by atoms with van der Waals surface area (Å²) >= 11 is 3.28. The van der Waals surface area contributed by atoms with E-state index in [1.165, 1.54) is 10.4 Å². The number of nitrogens with zero attached hydrogens (tertiary/aromatic N) is 2. The lowest BCUT2D eigenvalue weighted by Gasteiger charge is -2.17. The summed E-state index contributed by atoms with van der Waals surface area (Å²) in [6.45, 7) is 6.02. The van der Waals surface area contributed by atoms with Crippen LogP contribution in [0.4, 0.5) is 0 Å². The highest BCUT2D eigenvalue weighted by atomic mass is 32.2. The fraction of sp³-hybridized carbons (Fsp3) is 0.500. The lowest BCUT2D eigenvalue weighted by molar-refractivity contribution is 0.164. The first-order valence-electron chi connectivity index (χ1n) is 9.45. The summed E-state index contributed by atoms with van der Waals surface area (Å²) in [5.74, 6) is 2.21. The van der Waals surface area contributed by atoms with Gasteiger partial charge in [0.25, 0.3) is 5.56 Å². The highest BCUT2D eigenvalue weighted by molar-refractivity contribution is 7.99. The van der Waals surface area contributed by atoms with Gasteiger partial charge in [-0.15, -0.1) is 11.3 Å². The van der Waals surface area contributed by atoms with E-state index in [1.54, 1.807) is 33.9 Å². The highest BCUT2D eigenvalue weighted by Crippen LogP contribution is 2.36. The maximum Gasteiger partial charge on any atom is 0.263 e. The van der Waals surface area contributed by atoms with E-state index in [0.717, 1.165) is 46.1 Å². The van der Waals surface area contributed by atoms with Crippen LogP contribution in [0, 0.1) is 5.92 Å². The van der Waals surface area contributed by atoms with Crippen LogP contribution in [0.5, 0.6) is 0 Å². The number of furan rings is 1. The molecule has 0 spiro atoms. The number of ether oxygens (including phenoxy) is 1. The fourth-order valence-corrected chi connectivity index (χ4v) is 5.82. The number of thiophene rings is 1.